The van der Waals surface area contributed by atoms with Crippen LogP contribution in [0.25, 0.3) is 0 Å². The Morgan fingerprint density at radius 2 is 1.88 bits per heavy atom. The Kier molecular flexibility index (Phi) is 5.98. The second kappa shape index (κ2) is 7.49. The average molecular weight is 364 g/mol. The molecule has 2 aliphatic rings. The molecular formula is C16H27F3N4O2. The molecule has 2 amide bonds. The Morgan fingerprint density at radius 1 is 1.28 bits per heavy atom. The van der Waals surface area contributed by atoms with Crippen LogP contribution in [0.4, 0.5) is 13.2 Å². The van der Waals surface area contributed by atoms with Crippen LogP contribution in [0.2, 0.25) is 0 Å². The van der Waals surface area contributed by atoms with Gasteiger partial charge in [0, 0.05) is 51.2 Å². The molecule has 0 aromatic heterocycles. The zero-order valence-electron chi connectivity index (χ0n) is 14.9. The van der Waals surface area contributed by atoms with Crippen molar-refractivity contribution < 1.29 is 22.8 Å². The fourth-order valence-electron chi connectivity index (χ4n) is 3.32. The number of amides is 2. The van der Waals surface area contributed by atoms with E-state index in [0.717, 1.165) is 0 Å². The number of alkyl halides is 3. The van der Waals surface area contributed by atoms with E-state index < -0.39 is 36.1 Å². The van der Waals surface area contributed by atoms with Crippen LogP contribution in [0.3, 0.4) is 0 Å². The van der Waals surface area contributed by atoms with Crippen molar-refractivity contribution in [2.75, 3.05) is 39.3 Å². The summed E-state index contributed by atoms with van der Waals surface area (Å²) >= 11 is 0. The first-order valence-corrected chi connectivity index (χ1v) is 8.60. The molecule has 2 rings (SSSR count). The van der Waals surface area contributed by atoms with Crippen molar-refractivity contribution in [1.29, 1.82) is 0 Å². The maximum Gasteiger partial charge on any atom is 0.405 e. The van der Waals surface area contributed by atoms with Crippen molar-refractivity contribution in [3.05, 3.63) is 0 Å². The number of hydrogen-bond donors (Lipinski definition) is 2. The molecule has 0 radical (unpaired) electrons. The van der Waals surface area contributed by atoms with Gasteiger partial charge in [-0.15, -0.1) is 0 Å². The summed E-state index contributed by atoms with van der Waals surface area (Å²) in [6.07, 6.45) is -4.36. The minimum Gasteiger partial charge on any atom is -0.354 e. The summed E-state index contributed by atoms with van der Waals surface area (Å²) < 4.78 is 40.0. The molecule has 0 saturated carbocycles. The first kappa shape index (κ1) is 20.0. The highest BCUT2D eigenvalue weighted by Gasteiger charge is 2.45. The third-order valence-electron chi connectivity index (χ3n) is 4.75. The van der Waals surface area contributed by atoms with E-state index in [1.165, 1.54) is 4.90 Å². The van der Waals surface area contributed by atoms with Crippen LogP contribution >= 0.6 is 0 Å². The molecule has 2 aliphatic heterocycles. The SMILES string of the molecule is CC(C)(C)N1CC(C(=O)NCC(N2CCNCC2)C(F)(F)F)CC1=O. The molecular weight excluding hydrogens is 337 g/mol. The van der Waals surface area contributed by atoms with E-state index in [4.69, 9.17) is 0 Å². The maximum absolute atomic E-state index is 13.3. The number of carbonyl (C=O) groups is 2. The summed E-state index contributed by atoms with van der Waals surface area (Å²) in [5, 5.41) is 5.44. The fourth-order valence-corrected chi connectivity index (χ4v) is 3.32. The van der Waals surface area contributed by atoms with E-state index in [1.54, 1.807) is 4.90 Å². The molecule has 0 bridgehead atoms. The van der Waals surface area contributed by atoms with Crippen LogP contribution in [-0.4, -0.2) is 78.6 Å². The lowest BCUT2D eigenvalue weighted by atomic mass is 10.1. The molecule has 2 atom stereocenters. The maximum atomic E-state index is 13.3. The van der Waals surface area contributed by atoms with Crippen molar-refractivity contribution in [3.63, 3.8) is 0 Å². The highest BCUT2D eigenvalue weighted by Crippen LogP contribution is 2.27. The number of likely N-dealkylation sites (tertiary alicyclic amines) is 1. The second-order valence-electron chi connectivity index (χ2n) is 7.66. The zero-order valence-corrected chi connectivity index (χ0v) is 14.9. The summed E-state index contributed by atoms with van der Waals surface area (Å²) in [5.74, 6) is -1.21. The third-order valence-corrected chi connectivity index (χ3v) is 4.75. The van der Waals surface area contributed by atoms with E-state index in [2.05, 4.69) is 10.6 Å². The summed E-state index contributed by atoms with van der Waals surface area (Å²) in [6.45, 7) is 6.96. The minimum atomic E-state index is -4.41. The standard InChI is InChI=1S/C16H27F3N4O2/c1-15(2,3)23-10-11(8-13(23)24)14(25)21-9-12(16(17,18)19)22-6-4-20-5-7-22/h11-12,20H,4-10H2,1-3H3,(H,21,25). The Labute approximate surface area is 146 Å². The molecule has 2 N–H and O–H groups in total. The largest absolute Gasteiger partial charge is 0.405 e. The molecule has 9 heteroatoms. The van der Waals surface area contributed by atoms with Crippen LogP contribution in [0.1, 0.15) is 27.2 Å². The highest BCUT2D eigenvalue weighted by molar-refractivity contribution is 5.89. The van der Waals surface area contributed by atoms with E-state index in [0.29, 0.717) is 26.2 Å². The van der Waals surface area contributed by atoms with Gasteiger partial charge in [-0.2, -0.15) is 13.2 Å². The lowest BCUT2D eigenvalue weighted by molar-refractivity contribution is -0.184. The molecule has 6 nitrogen and oxygen atoms in total. The number of rotatable bonds is 4. The van der Waals surface area contributed by atoms with Crippen molar-refractivity contribution in [3.8, 4) is 0 Å². The zero-order chi connectivity index (χ0) is 18.8. The van der Waals surface area contributed by atoms with Gasteiger partial charge in [0.2, 0.25) is 11.8 Å². The van der Waals surface area contributed by atoms with Gasteiger partial charge in [-0.1, -0.05) is 0 Å². The van der Waals surface area contributed by atoms with Crippen LogP contribution in [0.15, 0.2) is 0 Å². The predicted molar refractivity (Wildman–Crippen MR) is 86.9 cm³/mol. The van der Waals surface area contributed by atoms with E-state index in [-0.39, 0.29) is 18.9 Å². The predicted octanol–water partition coefficient (Wildman–Crippen LogP) is 0.586. The molecule has 25 heavy (non-hydrogen) atoms. The highest BCUT2D eigenvalue weighted by atomic mass is 19.4. The third kappa shape index (κ3) is 5.07. The molecule has 2 unspecified atom stereocenters. The number of carbonyl (C=O) groups excluding carboxylic acids is 2. The van der Waals surface area contributed by atoms with Crippen molar-refractivity contribution in [1.82, 2.24) is 20.4 Å². The molecule has 2 fully saturated rings. The van der Waals surface area contributed by atoms with Gasteiger partial charge in [-0.25, -0.2) is 0 Å². The molecule has 2 saturated heterocycles. The Bertz CT molecular complexity index is 499. The van der Waals surface area contributed by atoms with Crippen LogP contribution in [-0.2, 0) is 9.59 Å². The summed E-state index contributed by atoms with van der Waals surface area (Å²) in [4.78, 5) is 27.3. The average Bonchev–Trinajstić information content (AvgIpc) is 2.89. The van der Waals surface area contributed by atoms with Gasteiger partial charge in [0.1, 0.15) is 6.04 Å². The number of halogens is 3. The molecule has 0 aliphatic carbocycles. The van der Waals surface area contributed by atoms with Crippen molar-refractivity contribution in [2.45, 2.75) is 44.9 Å². The van der Waals surface area contributed by atoms with E-state index in [9.17, 15) is 22.8 Å². The monoisotopic (exact) mass is 364 g/mol. The normalized spacial score (nSPS) is 24.5. The van der Waals surface area contributed by atoms with Gasteiger partial charge >= 0.3 is 6.18 Å². The Balaban J connectivity index is 1.94. The first-order valence-electron chi connectivity index (χ1n) is 8.60. The summed E-state index contributed by atoms with van der Waals surface area (Å²) in [7, 11) is 0. The molecule has 0 aromatic rings. The fraction of sp³-hybridized carbons (Fsp3) is 0.875. The van der Waals surface area contributed by atoms with Gasteiger partial charge in [-0.05, 0) is 20.8 Å². The topological polar surface area (TPSA) is 64.7 Å². The number of nitrogens with one attached hydrogen (secondary N) is 2. The van der Waals surface area contributed by atoms with Crippen LogP contribution in [0, 0.1) is 5.92 Å². The molecule has 2 heterocycles. The van der Waals surface area contributed by atoms with Gasteiger partial charge in [0.15, 0.2) is 0 Å². The minimum absolute atomic E-state index is 0.0490. The van der Waals surface area contributed by atoms with Crippen molar-refractivity contribution >= 4 is 11.8 Å². The molecule has 0 spiro atoms. The van der Waals surface area contributed by atoms with E-state index in [1.807, 2.05) is 20.8 Å². The number of nitrogens with zero attached hydrogens (tertiary/aromatic N) is 2. The van der Waals surface area contributed by atoms with Gasteiger partial charge < -0.3 is 15.5 Å². The lowest BCUT2D eigenvalue weighted by Crippen LogP contribution is -2.58. The second-order valence-corrected chi connectivity index (χ2v) is 7.66. The summed E-state index contributed by atoms with van der Waals surface area (Å²) in [5.41, 5.74) is -0.401. The smallest absolute Gasteiger partial charge is 0.354 e. The first-order chi connectivity index (χ1) is 11.5. The quantitative estimate of drug-likeness (QED) is 0.766. The Hall–Kier alpha value is -1.35. The Morgan fingerprint density at radius 3 is 2.36 bits per heavy atom. The van der Waals surface area contributed by atoms with Crippen LogP contribution < -0.4 is 10.6 Å². The lowest BCUT2D eigenvalue weighted by Gasteiger charge is -2.36. The number of hydrogen-bond acceptors (Lipinski definition) is 4. The van der Waals surface area contributed by atoms with Gasteiger partial charge in [0.05, 0.1) is 5.92 Å². The van der Waals surface area contributed by atoms with Gasteiger partial charge in [-0.3, -0.25) is 14.5 Å². The van der Waals surface area contributed by atoms with Gasteiger partial charge in [0.25, 0.3) is 0 Å². The van der Waals surface area contributed by atoms with Crippen molar-refractivity contribution in [2.24, 2.45) is 5.92 Å². The van der Waals surface area contributed by atoms with Crippen LogP contribution in [0.5, 0.6) is 0 Å². The summed E-state index contributed by atoms with van der Waals surface area (Å²) in [6, 6.07) is -1.70. The van der Waals surface area contributed by atoms with E-state index >= 15 is 0 Å². The number of piperazine rings is 1. The molecule has 0 aromatic carbocycles. The molecule has 144 valence electrons.